The fraction of sp³-hybridized carbons (Fsp3) is 0.467. The van der Waals surface area contributed by atoms with E-state index in [-0.39, 0.29) is 11.9 Å². The van der Waals surface area contributed by atoms with E-state index in [9.17, 15) is 4.79 Å². The largest absolute Gasteiger partial charge is 0.389 e. The molecular formula is C15H23N3OS. The van der Waals surface area contributed by atoms with Gasteiger partial charge in [-0.3, -0.25) is 4.79 Å². The number of hydrogen-bond donors (Lipinski definition) is 2. The number of carbonyl (C=O) groups excluding carboxylic acids is 1. The molecule has 0 aliphatic carbocycles. The second-order valence-electron chi connectivity index (χ2n) is 5.34. The number of anilines is 1. The van der Waals surface area contributed by atoms with Gasteiger partial charge in [-0.05, 0) is 37.1 Å². The molecule has 1 aromatic carbocycles. The van der Waals surface area contributed by atoms with Crippen LogP contribution in [0.25, 0.3) is 0 Å². The van der Waals surface area contributed by atoms with Crippen molar-refractivity contribution in [2.45, 2.75) is 26.8 Å². The lowest BCUT2D eigenvalue weighted by molar-refractivity contribution is -0.122. The second kappa shape index (κ2) is 7.24. The third-order valence-electron chi connectivity index (χ3n) is 3.20. The molecule has 4 nitrogen and oxygen atoms in total. The van der Waals surface area contributed by atoms with Gasteiger partial charge in [0.2, 0.25) is 5.91 Å². The summed E-state index contributed by atoms with van der Waals surface area (Å²) < 4.78 is 0. The molecule has 5 heteroatoms. The van der Waals surface area contributed by atoms with Crippen LogP contribution >= 0.6 is 12.2 Å². The van der Waals surface area contributed by atoms with Crippen molar-refractivity contribution in [3.63, 3.8) is 0 Å². The molecule has 1 amide bonds. The number of likely N-dealkylation sites (N-methyl/N-ethyl adjacent to an activating group) is 1. The highest BCUT2D eigenvalue weighted by Crippen LogP contribution is 2.16. The van der Waals surface area contributed by atoms with E-state index in [4.69, 9.17) is 18.0 Å². The predicted molar refractivity (Wildman–Crippen MR) is 88.0 cm³/mol. The SMILES string of the molecule is CC(C)CNC(=O)C(C)N(C)c1ccc(C(N)=S)cc1. The highest BCUT2D eigenvalue weighted by atomic mass is 32.1. The van der Waals surface area contributed by atoms with Crippen LogP contribution in [0.15, 0.2) is 24.3 Å². The number of rotatable bonds is 6. The second-order valence-corrected chi connectivity index (χ2v) is 5.78. The van der Waals surface area contributed by atoms with Crippen LogP contribution in [0, 0.1) is 5.92 Å². The molecule has 0 aliphatic rings. The van der Waals surface area contributed by atoms with E-state index in [1.54, 1.807) is 0 Å². The van der Waals surface area contributed by atoms with Gasteiger partial charge in [0.25, 0.3) is 0 Å². The third kappa shape index (κ3) is 4.49. The molecule has 1 aromatic rings. The van der Waals surface area contributed by atoms with Crippen LogP contribution in [0.4, 0.5) is 5.69 Å². The number of hydrogen-bond acceptors (Lipinski definition) is 3. The lowest BCUT2D eigenvalue weighted by Crippen LogP contribution is -2.44. The van der Waals surface area contributed by atoms with Gasteiger partial charge in [-0.1, -0.05) is 26.1 Å². The number of nitrogens with two attached hydrogens (primary N) is 1. The zero-order valence-corrected chi connectivity index (χ0v) is 13.3. The molecular weight excluding hydrogens is 270 g/mol. The molecule has 0 saturated carbocycles. The molecule has 0 bridgehead atoms. The summed E-state index contributed by atoms with van der Waals surface area (Å²) in [6, 6.07) is 7.34. The van der Waals surface area contributed by atoms with Gasteiger partial charge < -0.3 is 16.0 Å². The highest BCUT2D eigenvalue weighted by Gasteiger charge is 2.18. The van der Waals surface area contributed by atoms with E-state index in [0.717, 1.165) is 11.3 Å². The number of nitrogens with one attached hydrogen (secondary N) is 1. The normalized spacial score (nSPS) is 12.1. The first kappa shape index (κ1) is 16.4. The molecule has 0 radical (unpaired) electrons. The van der Waals surface area contributed by atoms with E-state index < -0.39 is 0 Å². The van der Waals surface area contributed by atoms with Crippen LogP contribution < -0.4 is 16.0 Å². The van der Waals surface area contributed by atoms with Gasteiger partial charge in [-0.15, -0.1) is 0 Å². The van der Waals surface area contributed by atoms with Crippen molar-refractivity contribution in [1.82, 2.24) is 5.32 Å². The van der Waals surface area contributed by atoms with Crippen molar-refractivity contribution in [3.8, 4) is 0 Å². The van der Waals surface area contributed by atoms with Gasteiger partial charge in [0.05, 0.1) is 0 Å². The van der Waals surface area contributed by atoms with Crippen LogP contribution in [-0.2, 0) is 4.79 Å². The standard InChI is InChI=1S/C15H23N3OS/c1-10(2)9-17-15(19)11(3)18(4)13-7-5-12(6-8-13)14(16)20/h5-8,10-11H,9H2,1-4H3,(H2,16,20)(H,17,19). The van der Waals surface area contributed by atoms with Crippen molar-refractivity contribution in [2.24, 2.45) is 11.7 Å². The lowest BCUT2D eigenvalue weighted by atomic mass is 10.1. The van der Waals surface area contributed by atoms with E-state index in [1.807, 2.05) is 43.1 Å². The van der Waals surface area contributed by atoms with Gasteiger partial charge in [-0.25, -0.2) is 0 Å². The average molecular weight is 293 g/mol. The molecule has 0 saturated heterocycles. The van der Waals surface area contributed by atoms with Crippen molar-refractivity contribution in [3.05, 3.63) is 29.8 Å². The first-order valence-electron chi connectivity index (χ1n) is 6.73. The summed E-state index contributed by atoms with van der Waals surface area (Å²) in [7, 11) is 1.90. The van der Waals surface area contributed by atoms with Crippen molar-refractivity contribution >= 4 is 28.8 Å². The summed E-state index contributed by atoms with van der Waals surface area (Å²) in [4.78, 5) is 14.4. The molecule has 0 spiro atoms. The molecule has 0 aliphatic heterocycles. The minimum atomic E-state index is -0.232. The van der Waals surface area contributed by atoms with Gasteiger partial charge in [-0.2, -0.15) is 0 Å². The van der Waals surface area contributed by atoms with Crippen LogP contribution in [0.3, 0.4) is 0 Å². The minimum absolute atomic E-state index is 0.0274. The van der Waals surface area contributed by atoms with E-state index in [1.165, 1.54) is 0 Å². The number of thiocarbonyl (C=S) groups is 1. The third-order valence-corrected chi connectivity index (χ3v) is 3.44. The Morgan fingerprint density at radius 2 is 1.85 bits per heavy atom. The Balaban J connectivity index is 2.70. The Kier molecular flexibility index (Phi) is 5.95. The number of amides is 1. The van der Waals surface area contributed by atoms with Crippen LogP contribution in [-0.4, -0.2) is 30.5 Å². The molecule has 110 valence electrons. The number of benzene rings is 1. The summed E-state index contributed by atoms with van der Waals surface area (Å²) >= 11 is 4.92. The molecule has 1 rings (SSSR count). The van der Waals surface area contributed by atoms with E-state index in [2.05, 4.69) is 19.2 Å². The predicted octanol–water partition coefficient (Wildman–Crippen LogP) is 1.92. The van der Waals surface area contributed by atoms with Crippen molar-refractivity contribution < 1.29 is 4.79 Å². The molecule has 0 aromatic heterocycles. The Morgan fingerprint density at radius 1 is 1.30 bits per heavy atom. The van der Waals surface area contributed by atoms with Crippen molar-refractivity contribution in [2.75, 3.05) is 18.5 Å². The summed E-state index contributed by atoms with van der Waals surface area (Å²) in [5.74, 6) is 0.473. The molecule has 3 N–H and O–H groups in total. The smallest absolute Gasteiger partial charge is 0.242 e. The minimum Gasteiger partial charge on any atom is -0.389 e. The van der Waals surface area contributed by atoms with Gasteiger partial charge in [0, 0.05) is 24.8 Å². The fourth-order valence-electron chi connectivity index (χ4n) is 1.71. The maximum atomic E-state index is 12.0. The summed E-state index contributed by atoms with van der Waals surface area (Å²) in [5, 5.41) is 2.94. The Bertz CT molecular complexity index is 471. The van der Waals surface area contributed by atoms with Gasteiger partial charge in [0.1, 0.15) is 11.0 Å². The zero-order valence-electron chi connectivity index (χ0n) is 12.5. The first-order chi connectivity index (χ1) is 9.32. The maximum Gasteiger partial charge on any atom is 0.242 e. The topological polar surface area (TPSA) is 58.4 Å². The summed E-state index contributed by atoms with van der Waals surface area (Å²) in [6.07, 6.45) is 0. The molecule has 0 fully saturated rings. The quantitative estimate of drug-likeness (QED) is 0.787. The monoisotopic (exact) mass is 293 g/mol. The van der Waals surface area contributed by atoms with Gasteiger partial charge in [0.15, 0.2) is 0 Å². The van der Waals surface area contributed by atoms with Crippen LogP contribution in [0.2, 0.25) is 0 Å². The molecule has 20 heavy (non-hydrogen) atoms. The Morgan fingerprint density at radius 3 is 2.30 bits per heavy atom. The summed E-state index contributed by atoms with van der Waals surface area (Å²) in [5.41, 5.74) is 7.35. The lowest BCUT2D eigenvalue weighted by Gasteiger charge is -2.26. The number of nitrogens with zero attached hydrogens (tertiary/aromatic N) is 1. The molecule has 1 unspecified atom stereocenters. The first-order valence-corrected chi connectivity index (χ1v) is 7.14. The van der Waals surface area contributed by atoms with E-state index >= 15 is 0 Å². The Labute approximate surface area is 126 Å². The summed E-state index contributed by atoms with van der Waals surface area (Å²) in [6.45, 7) is 6.72. The van der Waals surface area contributed by atoms with Crippen LogP contribution in [0.5, 0.6) is 0 Å². The van der Waals surface area contributed by atoms with Gasteiger partial charge >= 0.3 is 0 Å². The molecule has 1 atom stereocenters. The highest BCUT2D eigenvalue weighted by molar-refractivity contribution is 7.80. The molecule has 0 heterocycles. The Hall–Kier alpha value is -1.62. The van der Waals surface area contributed by atoms with E-state index in [0.29, 0.717) is 17.5 Å². The average Bonchev–Trinajstić information content (AvgIpc) is 2.43. The zero-order chi connectivity index (χ0) is 15.3. The maximum absolute atomic E-state index is 12.0. The fourth-order valence-corrected chi connectivity index (χ4v) is 1.85. The number of carbonyl (C=O) groups is 1. The van der Waals surface area contributed by atoms with Crippen molar-refractivity contribution in [1.29, 1.82) is 0 Å². The van der Waals surface area contributed by atoms with Crippen LogP contribution in [0.1, 0.15) is 26.3 Å².